The molecule has 0 aliphatic rings. The van der Waals surface area contributed by atoms with Crippen LogP contribution in [0.15, 0.2) is 40.9 Å². The smallest absolute Gasteiger partial charge is 0.137 e. The second kappa shape index (κ2) is 6.75. The maximum absolute atomic E-state index is 13.4. The van der Waals surface area contributed by atoms with E-state index < -0.39 is 0 Å². The standard InChI is InChI=1S/C16H17BrFNO/c1-3-20-13-5-7-16(11(2)8-13)19-10-12-4-6-14(17)15(18)9-12/h4-9,19H,3,10H2,1-2H3. The van der Waals surface area contributed by atoms with Crippen LogP contribution in [0.25, 0.3) is 0 Å². The van der Waals surface area contributed by atoms with Crippen LogP contribution in [-0.4, -0.2) is 6.61 Å². The summed E-state index contributed by atoms with van der Waals surface area (Å²) in [7, 11) is 0. The number of hydrogen-bond donors (Lipinski definition) is 1. The van der Waals surface area contributed by atoms with Gasteiger partial charge in [-0.2, -0.15) is 0 Å². The lowest BCUT2D eigenvalue weighted by Gasteiger charge is -2.12. The van der Waals surface area contributed by atoms with Gasteiger partial charge in [-0.3, -0.25) is 0 Å². The van der Waals surface area contributed by atoms with Gasteiger partial charge in [0.1, 0.15) is 11.6 Å². The van der Waals surface area contributed by atoms with Crippen molar-refractivity contribution in [2.45, 2.75) is 20.4 Å². The van der Waals surface area contributed by atoms with E-state index in [0.29, 0.717) is 17.6 Å². The predicted octanol–water partition coefficient (Wildman–Crippen LogP) is 4.91. The molecule has 0 spiro atoms. The van der Waals surface area contributed by atoms with E-state index >= 15 is 0 Å². The molecule has 0 fully saturated rings. The fraction of sp³-hybridized carbons (Fsp3) is 0.250. The molecule has 0 aliphatic carbocycles. The number of halogens is 2. The van der Waals surface area contributed by atoms with Gasteiger partial charge in [-0.25, -0.2) is 4.39 Å². The van der Waals surface area contributed by atoms with E-state index in [2.05, 4.69) is 21.2 Å². The lowest BCUT2D eigenvalue weighted by molar-refractivity contribution is 0.340. The summed E-state index contributed by atoms with van der Waals surface area (Å²) >= 11 is 3.15. The van der Waals surface area contributed by atoms with Crippen molar-refractivity contribution in [2.24, 2.45) is 0 Å². The summed E-state index contributed by atoms with van der Waals surface area (Å²) in [6, 6.07) is 11.0. The quantitative estimate of drug-likeness (QED) is 0.837. The third kappa shape index (κ3) is 3.73. The summed E-state index contributed by atoms with van der Waals surface area (Å²) in [5.41, 5.74) is 3.03. The van der Waals surface area contributed by atoms with E-state index in [9.17, 15) is 4.39 Å². The highest BCUT2D eigenvalue weighted by Crippen LogP contribution is 2.22. The normalized spacial score (nSPS) is 10.4. The van der Waals surface area contributed by atoms with Gasteiger partial charge < -0.3 is 10.1 Å². The molecule has 0 bridgehead atoms. The van der Waals surface area contributed by atoms with Crippen molar-refractivity contribution < 1.29 is 9.13 Å². The molecule has 0 atom stereocenters. The van der Waals surface area contributed by atoms with Crippen molar-refractivity contribution in [3.8, 4) is 5.75 Å². The summed E-state index contributed by atoms with van der Waals surface area (Å²) in [5.74, 6) is 0.623. The molecule has 106 valence electrons. The van der Waals surface area contributed by atoms with Crippen LogP contribution < -0.4 is 10.1 Å². The average molecular weight is 338 g/mol. The van der Waals surface area contributed by atoms with Crippen LogP contribution in [0.1, 0.15) is 18.1 Å². The van der Waals surface area contributed by atoms with Crippen LogP contribution in [0, 0.1) is 12.7 Å². The van der Waals surface area contributed by atoms with Gasteiger partial charge in [0, 0.05) is 12.2 Å². The van der Waals surface area contributed by atoms with E-state index in [1.807, 2.05) is 38.1 Å². The van der Waals surface area contributed by atoms with Crippen LogP contribution in [0.4, 0.5) is 10.1 Å². The topological polar surface area (TPSA) is 21.3 Å². The molecule has 2 aromatic carbocycles. The van der Waals surface area contributed by atoms with Crippen molar-refractivity contribution >= 4 is 21.6 Å². The Morgan fingerprint density at radius 1 is 1.20 bits per heavy atom. The third-order valence-electron chi connectivity index (χ3n) is 2.98. The van der Waals surface area contributed by atoms with Crippen LogP contribution in [-0.2, 0) is 6.54 Å². The van der Waals surface area contributed by atoms with E-state index in [1.54, 1.807) is 6.07 Å². The molecule has 2 aromatic rings. The van der Waals surface area contributed by atoms with Crippen molar-refractivity contribution in [3.05, 3.63) is 57.8 Å². The molecule has 0 heterocycles. The van der Waals surface area contributed by atoms with Gasteiger partial charge in [0.15, 0.2) is 0 Å². The van der Waals surface area contributed by atoms with E-state index in [-0.39, 0.29) is 5.82 Å². The minimum Gasteiger partial charge on any atom is -0.494 e. The zero-order valence-corrected chi connectivity index (χ0v) is 13.1. The Kier molecular flexibility index (Phi) is 5.01. The van der Waals surface area contributed by atoms with Crippen LogP contribution in [0.3, 0.4) is 0 Å². The van der Waals surface area contributed by atoms with Crippen molar-refractivity contribution in [3.63, 3.8) is 0 Å². The van der Waals surface area contributed by atoms with Gasteiger partial charge in [0.25, 0.3) is 0 Å². The first kappa shape index (κ1) is 14.9. The minimum atomic E-state index is -0.243. The number of hydrogen-bond acceptors (Lipinski definition) is 2. The molecular weight excluding hydrogens is 321 g/mol. The van der Waals surface area contributed by atoms with Gasteiger partial charge in [-0.05, 0) is 71.2 Å². The van der Waals surface area contributed by atoms with Crippen molar-refractivity contribution in [2.75, 3.05) is 11.9 Å². The Bertz CT molecular complexity index is 601. The van der Waals surface area contributed by atoms with Gasteiger partial charge in [0.2, 0.25) is 0 Å². The predicted molar refractivity (Wildman–Crippen MR) is 83.8 cm³/mol. The molecule has 1 N–H and O–H groups in total. The molecule has 0 unspecified atom stereocenters. The molecule has 0 saturated heterocycles. The van der Waals surface area contributed by atoms with Crippen LogP contribution in [0.5, 0.6) is 5.75 Å². The highest BCUT2D eigenvalue weighted by Gasteiger charge is 2.03. The first-order valence-corrected chi connectivity index (χ1v) is 7.30. The Morgan fingerprint density at radius 3 is 2.65 bits per heavy atom. The number of benzene rings is 2. The maximum Gasteiger partial charge on any atom is 0.137 e. The summed E-state index contributed by atoms with van der Waals surface area (Å²) in [6.07, 6.45) is 0. The molecule has 0 amide bonds. The molecule has 4 heteroatoms. The monoisotopic (exact) mass is 337 g/mol. The van der Waals surface area contributed by atoms with Gasteiger partial charge in [0.05, 0.1) is 11.1 Å². The molecular formula is C16H17BrFNO. The third-order valence-corrected chi connectivity index (χ3v) is 3.62. The molecule has 0 radical (unpaired) electrons. The van der Waals surface area contributed by atoms with Gasteiger partial charge >= 0.3 is 0 Å². The number of anilines is 1. The average Bonchev–Trinajstić information content (AvgIpc) is 2.42. The Labute approximate surface area is 127 Å². The minimum absolute atomic E-state index is 0.243. The first-order valence-electron chi connectivity index (χ1n) is 6.51. The lowest BCUT2D eigenvalue weighted by atomic mass is 10.1. The van der Waals surface area contributed by atoms with Crippen LogP contribution >= 0.6 is 15.9 Å². The summed E-state index contributed by atoms with van der Waals surface area (Å²) < 4.78 is 19.4. The number of aryl methyl sites for hydroxylation is 1. The molecule has 20 heavy (non-hydrogen) atoms. The molecule has 2 nitrogen and oxygen atoms in total. The fourth-order valence-electron chi connectivity index (χ4n) is 1.94. The lowest BCUT2D eigenvalue weighted by Crippen LogP contribution is -2.02. The van der Waals surface area contributed by atoms with E-state index in [1.165, 1.54) is 6.07 Å². The molecule has 0 aliphatic heterocycles. The molecule has 0 saturated carbocycles. The van der Waals surface area contributed by atoms with Crippen molar-refractivity contribution in [1.82, 2.24) is 0 Å². The van der Waals surface area contributed by atoms with E-state index in [0.717, 1.165) is 22.6 Å². The summed E-state index contributed by atoms with van der Waals surface area (Å²) in [6.45, 7) is 5.22. The molecule has 0 aromatic heterocycles. The maximum atomic E-state index is 13.4. The number of rotatable bonds is 5. The molecule has 2 rings (SSSR count). The SMILES string of the molecule is CCOc1ccc(NCc2ccc(Br)c(F)c2)c(C)c1. The highest BCUT2D eigenvalue weighted by atomic mass is 79.9. The Hall–Kier alpha value is -1.55. The van der Waals surface area contributed by atoms with Crippen molar-refractivity contribution in [1.29, 1.82) is 0 Å². The summed E-state index contributed by atoms with van der Waals surface area (Å²) in [5, 5.41) is 3.31. The van der Waals surface area contributed by atoms with E-state index in [4.69, 9.17) is 4.74 Å². The second-order valence-electron chi connectivity index (χ2n) is 4.51. The Balaban J connectivity index is 2.05. The zero-order valence-electron chi connectivity index (χ0n) is 11.5. The Morgan fingerprint density at radius 2 is 2.00 bits per heavy atom. The second-order valence-corrected chi connectivity index (χ2v) is 5.37. The fourth-order valence-corrected chi connectivity index (χ4v) is 2.18. The van der Waals surface area contributed by atoms with Crippen LogP contribution in [0.2, 0.25) is 0 Å². The highest BCUT2D eigenvalue weighted by molar-refractivity contribution is 9.10. The number of ether oxygens (including phenoxy) is 1. The summed E-state index contributed by atoms with van der Waals surface area (Å²) in [4.78, 5) is 0. The van der Waals surface area contributed by atoms with Gasteiger partial charge in [-0.1, -0.05) is 6.07 Å². The number of nitrogens with one attached hydrogen (secondary N) is 1. The largest absolute Gasteiger partial charge is 0.494 e. The zero-order chi connectivity index (χ0) is 14.5. The first-order chi connectivity index (χ1) is 9.60. The van der Waals surface area contributed by atoms with Gasteiger partial charge in [-0.15, -0.1) is 0 Å².